The van der Waals surface area contributed by atoms with Gasteiger partial charge in [-0.05, 0) is 32.0 Å². The molecule has 9 nitrogen and oxygen atoms in total. The first-order valence-electron chi connectivity index (χ1n) is 11.5. The van der Waals surface area contributed by atoms with E-state index in [1.165, 1.54) is 18.6 Å². The van der Waals surface area contributed by atoms with Gasteiger partial charge in [-0.1, -0.05) is 0 Å². The summed E-state index contributed by atoms with van der Waals surface area (Å²) in [6.07, 6.45) is -1.22. The van der Waals surface area contributed by atoms with E-state index in [-0.39, 0.29) is 24.4 Å². The molecule has 2 atom stereocenters. The van der Waals surface area contributed by atoms with Crippen molar-refractivity contribution in [3.8, 4) is 0 Å². The van der Waals surface area contributed by atoms with E-state index in [2.05, 4.69) is 15.0 Å². The molecule has 0 bridgehead atoms. The Balaban J connectivity index is 1.55. The molecule has 3 N–H and O–H groups in total. The first-order chi connectivity index (χ1) is 17.1. The summed E-state index contributed by atoms with van der Waals surface area (Å²) in [5.74, 6) is -0.881. The molecule has 1 saturated heterocycles. The van der Waals surface area contributed by atoms with Crippen LogP contribution in [0.15, 0.2) is 30.9 Å². The van der Waals surface area contributed by atoms with Crippen molar-refractivity contribution in [3.63, 3.8) is 0 Å². The van der Waals surface area contributed by atoms with Crippen LogP contribution in [0, 0.1) is 11.7 Å². The van der Waals surface area contributed by atoms with Crippen LogP contribution in [0.25, 0.3) is 11.0 Å². The zero-order valence-electron chi connectivity index (χ0n) is 19.6. The third-order valence-corrected chi connectivity index (χ3v) is 6.39. The van der Waals surface area contributed by atoms with Gasteiger partial charge in [0.1, 0.15) is 17.8 Å². The van der Waals surface area contributed by atoms with Crippen LogP contribution in [-0.2, 0) is 24.1 Å². The third-order valence-electron chi connectivity index (χ3n) is 6.39. The number of primary amides is 1. The molecule has 36 heavy (non-hydrogen) atoms. The first kappa shape index (κ1) is 25.8. The molecule has 1 aliphatic rings. The molecule has 194 valence electrons. The number of halogens is 4. The number of hydrogen-bond donors (Lipinski definition) is 2. The molecule has 0 radical (unpaired) electrons. The van der Waals surface area contributed by atoms with Gasteiger partial charge in [-0.25, -0.2) is 14.4 Å². The maximum Gasteiger partial charge on any atom is 0.417 e. The van der Waals surface area contributed by atoms with E-state index < -0.39 is 29.6 Å². The molecule has 0 aliphatic carbocycles. The van der Waals surface area contributed by atoms with Crippen LogP contribution in [0.3, 0.4) is 0 Å². The molecule has 0 spiro atoms. The third kappa shape index (κ3) is 5.57. The summed E-state index contributed by atoms with van der Waals surface area (Å²) >= 11 is 0. The minimum absolute atomic E-state index is 0.0715. The Bertz CT molecular complexity index is 1220. The monoisotopic (exact) mass is 509 g/mol. The standard InChI is InChI=1S/C23H27F4N7O2/c1-2-33(9-16-4-3-15(7-29-16)23(25,26)27)21-20-17(24)10-34(22(20)31-13-30-21)8-14-5-6-32(11-18(14)35)12-19(28)36/h3-4,7,10,13-14,18,35H,2,5-6,8-9,11-12H2,1H3,(H2,28,36)/t14?,18-/m0/s1. The number of aliphatic hydroxyl groups excluding tert-OH is 1. The van der Waals surface area contributed by atoms with Crippen molar-refractivity contribution in [2.24, 2.45) is 11.7 Å². The van der Waals surface area contributed by atoms with Gasteiger partial charge in [0.05, 0.1) is 35.8 Å². The number of nitrogens with two attached hydrogens (primary N) is 1. The van der Waals surface area contributed by atoms with E-state index >= 15 is 4.39 Å². The summed E-state index contributed by atoms with van der Waals surface area (Å²) in [4.78, 5) is 27.1. The average Bonchev–Trinajstić information content (AvgIpc) is 3.14. The number of alkyl halides is 3. The number of aromatic nitrogens is 4. The van der Waals surface area contributed by atoms with Crippen LogP contribution in [0.4, 0.5) is 23.4 Å². The summed E-state index contributed by atoms with van der Waals surface area (Å²) < 4.78 is 55.3. The van der Waals surface area contributed by atoms with Crippen LogP contribution in [0.1, 0.15) is 24.6 Å². The van der Waals surface area contributed by atoms with Crippen molar-refractivity contribution in [2.75, 3.05) is 31.1 Å². The van der Waals surface area contributed by atoms with Gasteiger partial charge in [0, 0.05) is 37.9 Å². The average molecular weight is 510 g/mol. The predicted octanol–water partition coefficient (Wildman–Crippen LogP) is 2.18. The highest BCUT2D eigenvalue weighted by Crippen LogP contribution is 2.31. The van der Waals surface area contributed by atoms with Gasteiger partial charge < -0.3 is 20.3 Å². The summed E-state index contributed by atoms with van der Waals surface area (Å²) in [5.41, 5.74) is 5.12. The largest absolute Gasteiger partial charge is 0.417 e. The smallest absolute Gasteiger partial charge is 0.391 e. The zero-order valence-corrected chi connectivity index (χ0v) is 19.6. The van der Waals surface area contributed by atoms with Crippen LogP contribution in [-0.4, -0.2) is 67.7 Å². The molecule has 0 aromatic carbocycles. The second-order valence-corrected chi connectivity index (χ2v) is 8.89. The highest BCUT2D eigenvalue weighted by Gasteiger charge is 2.31. The number of carbonyl (C=O) groups excluding carboxylic acids is 1. The molecular formula is C23H27F4N7O2. The van der Waals surface area contributed by atoms with Crippen LogP contribution < -0.4 is 10.6 Å². The van der Waals surface area contributed by atoms with Gasteiger partial charge in [-0.3, -0.25) is 14.7 Å². The number of rotatable bonds is 8. The topological polar surface area (TPSA) is 113 Å². The molecule has 1 fully saturated rings. The maximum absolute atomic E-state index is 15.2. The Morgan fingerprint density at radius 1 is 1.28 bits per heavy atom. The summed E-state index contributed by atoms with van der Waals surface area (Å²) in [6.45, 7) is 3.61. The lowest BCUT2D eigenvalue weighted by Gasteiger charge is -2.35. The lowest BCUT2D eigenvalue weighted by Crippen LogP contribution is -2.47. The normalized spacial score (nSPS) is 19.1. The van der Waals surface area contributed by atoms with Crippen molar-refractivity contribution < 1.29 is 27.5 Å². The van der Waals surface area contributed by atoms with Crippen molar-refractivity contribution in [1.82, 2.24) is 24.4 Å². The van der Waals surface area contributed by atoms with Gasteiger partial charge >= 0.3 is 6.18 Å². The number of hydrogen-bond acceptors (Lipinski definition) is 7. The van der Waals surface area contributed by atoms with Crippen LogP contribution in [0.2, 0.25) is 0 Å². The first-order valence-corrected chi connectivity index (χ1v) is 11.5. The molecule has 0 saturated carbocycles. The molecule has 1 amide bonds. The van der Waals surface area contributed by atoms with E-state index in [1.54, 1.807) is 14.4 Å². The summed E-state index contributed by atoms with van der Waals surface area (Å²) in [6, 6.07) is 2.25. The number of aliphatic hydroxyl groups is 1. The van der Waals surface area contributed by atoms with Gasteiger partial charge in [0.15, 0.2) is 5.82 Å². The van der Waals surface area contributed by atoms with Crippen molar-refractivity contribution in [2.45, 2.75) is 38.7 Å². The van der Waals surface area contributed by atoms with Crippen LogP contribution in [0.5, 0.6) is 0 Å². The van der Waals surface area contributed by atoms with Crippen LogP contribution >= 0.6 is 0 Å². The summed E-state index contributed by atoms with van der Waals surface area (Å²) in [7, 11) is 0. The molecule has 4 heterocycles. The number of β-amino-alcohol motifs (C(OH)–C–C–N with tert-alkyl or cyclic N) is 1. The number of pyridine rings is 1. The molecule has 4 rings (SSSR count). The van der Waals surface area contributed by atoms with Crippen molar-refractivity contribution in [1.29, 1.82) is 0 Å². The van der Waals surface area contributed by atoms with E-state index in [4.69, 9.17) is 5.73 Å². The number of fused-ring (bicyclic) bond motifs is 1. The number of likely N-dealkylation sites (tertiary alicyclic amines) is 1. The maximum atomic E-state index is 15.2. The van der Waals surface area contributed by atoms with Gasteiger partial charge in [-0.2, -0.15) is 13.2 Å². The fourth-order valence-corrected chi connectivity index (χ4v) is 4.53. The number of nitrogens with zero attached hydrogens (tertiary/aromatic N) is 6. The van der Waals surface area contributed by atoms with Gasteiger partial charge in [0.2, 0.25) is 5.91 Å². The van der Waals surface area contributed by atoms with E-state index in [0.29, 0.717) is 49.8 Å². The molecule has 3 aromatic rings. The second-order valence-electron chi connectivity index (χ2n) is 8.89. The zero-order chi connectivity index (χ0) is 26.0. The molecule has 1 unspecified atom stereocenters. The highest BCUT2D eigenvalue weighted by atomic mass is 19.4. The van der Waals surface area contributed by atoms with E-state index in [1.807, 2.05) is 6.92 Å². The lowest BCUT2D eigenvalue weighted by atomic mass is 9.93. The SMILES string of the molecule is CCN(Cc1ccc(C(F)(F)F)cn1)c1ncnc2c1c(F)cn2CC1CCN(CC(N)=O)C[C@@H]1O. The molecular weight excluding hydrogens is 482 g/mol. The molecule has 1 aliphatic heterocycles. The lowest BCUT2D eigenvalue weighted by molar-refractivity contribution is -0.137. The van der Waals surface area contributed by atoms with Gasteiger partial charge in [0.25, 0.3) is 0 Å². The Morgan fingerprint density at radius 3 is 2.67 bits per heavy atom. The van der Waals surface area contributed by atoms with E-state index in [9.17, 15) is 23.1 Å². The van der Waals surface area contributed by atoms with Crippen molar-refractivity contribution in [3.05, 3.63) is 47.9 Å². The minimum atomic E-state index is -4.48. The molecule has 3 aromatic heterocycles. The minimum Gasteiger partial charge on any atom is -0.391 e. The number of carbonyl (C=O) groups is 1. The fourth-order valence-electron chi connectivity index (χ4n) is 4.53. The Kier molecular flexibility index (Phi) is 7.41. The Labute approximate surface area is 204 Å². The number of anilines is 1. The van der Waals surface area contributed by atoms with Gasteiger partial charge in [-0.15, -0.1) is 0 Å². The summed E-state index contributed by atoms with van der Waals surface area (Å²) in [5, 5.41) is 10.8. The van der Waals surface area contributed by atoms with Crippen molar-refractivity contribution >= 4 is 22.8 Å². The second kappa shape index (κ2) is 10.3. The Morgan fingerprint density at radius 2 is 2.06 bits per heavy atom. The Hall–Kier alpha value is -3.32. The fraction of sp³-hybridized carbons (Fsp3) is 0.478. The van der Waals surface area contributed by atoms with E-state index in [0.717, 1.165) is 12.3 Å². The number of amides is 1. The molecule has 13 heteroatoms. The highest BCUT2D eigenvalue weighted by molar-refractivity contribution is 5.88. The number of piperidine rings is 1. The quantitative estimate of drug-likeness (QED) is 0.448. The predicted molar refractivity (Wildman–Crippen MR) is 123 cm³/mol.